The summed E-state index contributed by atoms with van der Waals surface area (Å²) < 4.78 is 0. The number of allylic oxidation sites excluding steroid dienone is 1. The summed E-state index contributed by atoms with van der Waals surface area (Å²) >= 11 is 0. The second-order valence-electron chi connectivity index (χ2n) is 3.89. The summed E-state index contributed by atoms with van der Waals surface area (Å²) in [5.74, 6) is -1.07. The number of pyridine rings is 1. The van der Waals surface area contributed by atoms with E-state index in [1.54, 1.807) is 31.1 Å². The Morgan fingerprint density at radius 1 is 1.37 bits per heavy atom. The normalized spacial score (nSPS) is 11.9. The average molecular weight is 261 g/mol. The van der Waals surface area contributed by atoms with E-state index in [9.17, 15) is 14.7 Å². The fraction of sp³-hybridized carbons (Fsp3) is 0.154. The number of hydrogen-bond donors (Lipinski definition) is 2. The highest BCUT2D eigenvalue weighted by Crippen LogP contribution is 2.08. The molecule has 0 unspecified atom stereocenters. The number of rotatable bonds is 5. The van der Waals surface area contributed by atoms with Gasteiger partial charge in [0.05, 0.1) is 0 Å². The molecule has 0 aliphatic heterocycles. The van der Waals surface area contributed by atoms with Crippen LogP contribution in [0.1, 0.15) is 0 Å². The van der Waals surface area contributed by atoms with Crippen LogP contribution >= 0.6 is 0 Å². The second-order valence-corrected chi connectivity index (χ2v) is 3.89. The van der Waals surface area contributed by atoms with Gasteiger partial charge < -0.3 is 15.3 Å². The summed E-state index contributed by atoms with van der Waals surface area (Å²) in [5.41, 5.74) is 0.152. The SMILES string of the molecule is CN(C)/C=C\C(O)=C(/C=O)C(=O)Nc1ccncc1. The van der Waals surface area contributed by atoms with Crippen molar-refractivity contribution in [3.63, 3.8) is 0 Å². The Labute approximate surface area is 111 Å². The van der Waals surface area contributed by atoms with Gasteiger partial charge in [0.25, 0.3) is 5.91 Å². The molecule has 0 bridgehead atoms. The van der Waals surface area contributed by atoms with Crippen LogP contribution in [0.4, 0.5) is 5.69 Å². The summed E-state index contributed by atoms with van der Waals surface area (Å²) in [5, 5.41) is 12.2. The van der Waals surface area contributed by atoms with Crippen molar-refractivity contribution < 1.29 is 14.7 Å². The number of carbonyl (C=O) groups is 2. The van der Waals surface area contributed by atoms with Crippen LogP contribution < -0.4 is 5.32 Å². The average Bonchev–Trinajstić information content (AvgIpc) is 2.38. The highest BCUT2D eigenvalue weighted by Gasteiger charge is 2.13. The molecule has 0 aromatic carbocycles. The smallest absolute Gasteiger partial charge is 0.262 e. The molecule has 100 valence electrons. The van der Waals surface area contributed by atoms with Crippen molar-refractivity contribution in [3.8, 4) is 0 Å². The van der Waals surface area contributed by atoms with Crippen molar-refractivity contribution in [2.75, 3.05) is 19.4 Å². The lowest BCUT2D eigenvalue weighted by atomic mass is 10.2. The van der Waals surface area contributed by atoms with Crippen molar-refractivity contribution in [2.45, 2.75) is 0 Å². The van der Waals surface area contributed by atoms with E-state index >= 15 is 0 Å². The lowest BCUT2D eigenvalue weighted by Crippen LogP contribution is -2.17. The van der Waals surface area contributed by atoms with Crippen LogP contribution in [-0.2, 0) is 9.59 Å². The number of aromatic nitrogens is 1. The molecule has 0 aliphatic carbocycles. The number of hydrogen-bond acceptors (Lipinski definition) is 5. The zero-order valence-electron chi connectivity index (χ0n) is 10.7. The monoisotopic (exact) mass is 261 g/mol. The zero-order chi connectivity index (χ0) is 14.3. The molecule has 0 fully saturated rings. The number of carbonyl (C=O) groups excluding carboxylic acids is 2. The van der Waals surface area contributed by atoms with E-state index in [1.807, 2.05) is 0 Å². The van der Waals surface area contributed by atoms with Gasteiger partial charge >= 0.3 is 0 Å². The van der Waals surface area contributed by atoms with Crippen LogP contribution in [0.25, 0.3) is 0 Å². The Kier molecular flexibility index (Phi) is 5.28. The number of nitrogens with zero attached hydrogens (tertiary/aromatic N) is 2. The molecule has 2 N–H and O–H groups in total. The van der Waals surface area contributed by atoms with Crippen molar-refractivity contribution in [1.29, 1.82) is 0 Å². The van der Waals surface area contributed by atoms with Crippen LogP contribution in [-0.4, -0.2) is 41.3 Å². The molecule has 1 heterocycles. The topological polar surface area (TPSA) is 82.5 Å². The maximum Gasteiger partial charge on any atom is 0.262 e. The van der Waals surface area contributed by atoms with Gasteiger partial charge in [0.2, 0.25) is 0 Å². The Bertz CT molecular complexity index is 507. The van der Waals surface area contributed by atoms with Crippen LogP contribution in [0.3, 0.4) is 0 Å². The van der Waals surface area contributed by atoms with E-state index in [0.717, 1.165) is 0 Å². The van der Waals surface area contributed by atoms with Crippen LogP contribution in [0, 0.1) is 0 Å². The molecule has 1 rings (SSSR count). The third-order valence-corrected chi connectivity index (χ3v) is 2.11. The molecule has 1 aromatic rings. The first-order chi connectivity index (χ1) is 9.04. The van der Waals surface area contributed by atoms with Gasteiger partial charge in [-0.1, -0.05) is 0 Å². The molecule has 6 nitrogen and oxygen atoms in total. The maximum atomic E-state index is 11.8. The van der Waals surface area contributed by atoms with E-state index in [-0.39, 0.29) is 5.57 Å². The van der Waals surface area contributed by atoms with Crippen LogP contribution in [0.2, 0.25) is 0 Å². The fourth-order valence-corrected chi connectivity index (χ4v) is 1.17. The van der Waals surface area contributed by atoms with Crippen LogP contribution in [0.15, 0.2) is 48.1 Å². The molecule has 1 aromatic heterocycles. The summed E-state index contributed by atoms with van der Waals surface area (Å²) in [7, 11) is 3.50. The molecule has 0 saturated heterocycles. The van der Waals surface area contributed by atoms with E-state index < -0.39 is 11.7 Å². The number of nitrogens with one attached hydrogen (secondary N) is 1. The quantitative estimate of drug-likeness (QED) is 0.207. The zero-order valence-corrected chi connectivity index (χ0v) is 10.7. The van der Waals surface area contributed by atoms with Gasteiger partial charge in [-0.15, -0.1) is 0 Å². The van der Waals surface area contributed by atoms with Crippen LogP contribution in [0.5, 0.6) is 0 Å². The lowest BCUT2D eigenvalue weighted by molar-refractivity contribution is -0.115. The molecule has 0 saturated carbocycles. The first-order valence-electron chi connectivity index (χ1n) is 5.49. The third-order valence-electron chi connectivity index (χ3n) is 2.11. The molecule has 0 radical (unpaired) electrons. The van der Waals surface area contributed by atoms with Gasteiger partial charge in [-0.2, -0.15) is 0 Å². The molecular formula is C13H15N3O3. The van der Waals surface area contributed by atoms with E-state index in [0.29, 0.717) is 12.0 Å². The Hall–Kier alpha value is -2.63. The molecule has 1 amide bonds. The summed E-state index contributed by atoms with van der Waals surface area (Å²) in [6.45, 7) is 0. The first-order valence-corrected chi connectivity index (χ1v) is 5.49. The standard InChI is InChI=1S/C13H15N3O3/c1-16(2)8-5-12(18)11(9-17)13(19)15-10-3-6-14-7-4-10/h3-9,18H,1-2H3,(H,14,15,19)/b8-5-,12-11-. The number of amides is 1. The molecule has 6 heteroatoms. The Morgan fingerprint density at radius 3 is 2.53 bits per heavy atom. The van der Waals surface area contributed by atoms with Crippen molar-refractivity contribution in [3.05, 3.63) is 48.1 Å². The lowest BCUT2D eigenvalue weighted by Gasteiger charge is -2.06. The van der Waals surface area contributed by atoms with E-state index in [4.69, 9.17) is 0 Å². The number of aliphatic hydroxyl groups excluding tert-OH is 1. The minimum atomic E-state index is -0.679. The van der Waals surface area contributed by atoms with Gasteiger partial charge in [-0.25, -0.2) is 0 Å². The van der Waals surface area contributed by atoms with Gasteiger partial charge in [0.1, 0.15) is 11.3 Å². The highest BCUT2D eigenvalue weighted by molar-refractivity contribution is 6.17. The van der Waals surface area contributed by atoms with Crippen molar-refractivity contribution in [2.24, 2.45) is 0 Å². The molecule has 19 heavy (non-hydrogen) atoms. The summed E-state index contributed by atoms with van der Waals surface area (Å²) in [6, 6.07) is 3.15. The molecule has 0 spiro atoms. The van der Waals surface area contributed by atoms with Gasteiger partial charge in [-0.05, 0) is 18.2 Å². The second kappa shape index (κ2) is 6.95. The minimum Gasteiger partial charge on any atom is -0.507 e. The minimum absolute atomic E-state index is 0.311. The van der Waals surface area contributed by atoms with E-state index in [1.165, 1.54) is 24.7 Å². The number of aldehydes is 1. The largest absolute Gasteiger partial charge is 0.507 e. The van der Waals surface area contributed by atoms with Gasteiger partial charge in [0, 0.05) is 38.4 Å². The fourth-order valence-electron chi connectivity index (χ4n) is 1.17. The molecule has 0 atom stereocenters. The van der Waals surface area contributed by atoms with Crippen molar-refractivity contribution >= 4 is 17.9 Å². The highest BCUT2D eigenvalue weighted by atomic mass is 16.3. The van der Waals surface area contributed by atoms with Gasteiger partial charge in [0.15, 0.2) is 6.29 Å². The predicted octanol–water partition coefficient (Wildman–Crippen LogP) is 1.11. The number of anilines is 1. The predicted molar refractivity (Wildman–Crippen MR) is 71.4 cm³/mol. The van der Waals surface area contributed by atoms with E-state index in [2.05, 4.69) is 10.3 Å². The maximum absolute atomic E-state index is 11.8. The summed E-state index contributed by atoms with van der Waals surface area (Å²) in [6.07, 6.45) is 6.12. The number of aliphatic hydroxyl groups is 1. The molecule has 0 aliphatic rings. The first kappa shape index (κ1) is 14.4. The van der Waals surface area contributed by atoms with Crippen molar-refractivity contribution in [1.82, 2.24) is 9.88 Å². The Balaban J connectivity index is 2.88. The third kappa shape index (κ3) is 4.63. The molecular weight excluding hydrogens is 246 g/mol. The van der Waals surface area contributed by atoms with Gasteiger partial charge in [-0.3, -0.25) is 14.6 Å². The Morgan fingerprint density at radius 2 is 2.00 bits per heavy atom. The summed E-state index contributed by atoms with van der Waals surface area (Å²) in [4.78, 5) is 28.2.